The average molecular weight is 1110 g/mol. The minimum atomic E-state index is -0.819. The van der Waals surface area contributed by atoms with Crippen LogP contribution in [0.5, 0.6) is 0 Å². The van der Waals surface area contributed by atoms with E-state index >= 15 is 0 Å². The van der Waals surface area contributed by atoms with Crippen LogP contribution in [0.1, 0.15) is 287 Å². The highest BCUT2D eigenvalue weighted by molar-refractivity contribution is 5.81. The molecule has 0 aromatic carbocycles. The number of carbonyl (C=O) groups excluding carboxylic acids is 4. The maximum atomic E-state index is 12.4. The summed E-state index contributed by atoms with van der Waals surface area (Å²) < 4.78 is 26.9. The lowest BCUT2D eigenvalue weighted by Gasteiger charge is -2.26. The summed E-state index contributed by atoms with van der Waals surface area (Å²) in [4.78, 5) is 49.8. The quantitative estimate of drug-likeness (QED) is 0.0257. The van der Waals surface area contributed by atoms with Crippen LogP contribution in [-0.4, -0.2) is 119 Å². The van der Waals surface area contributed by atoms with Gasteiger partial charge < -0.3 is 38.8 Å². The van der Waals surface area contributed by atoms with E-state index in [-0.39, 0.29) is 55.3 Å². The Balaban J connectivity index is -0.000000513. The number of ketones is 3. The highest BCUT2D eigenvalue weighted by Gasteiger charge is 2.35. The maximum absolute atomic E-state index is 12.4. The molecule has 0 rings (SSSR count). The lowest BCUT2D eigenvalue weighted by Crippen LogP contribution is -2.36. The Morgan fingerprint density at radius 3 is 1.54 bits per heavy atom. The monoisotopic (exact) mass is 1110 g/mol. The van der Waals surface area contributed by atoms with Gasteiger partial charge in [0, 0.05) is 51.2 Å². The Morgan fingerprint density at radius 1 is 0.590 bits per heavy atom. The van der Waals surface area contributed by atoms with E-state index in [4.69, 9.17) is 28.8 Å². The second kappa shape index (κ2) is 64.1. The molecule has 12 heteroatoms. The summed E-state index contributed by atoms with van der Waals surface area (Å²) in [6, 6.07) is 0. The second-order valence-corrected chi connectivity index (χ2v) is 22.8. The number of rotatable bonds is 54. The summed E-state index contributed by atoms with van der Waals surface area (Å²) in [5, 5.41) is 18.8. The van der Waals surface area contributed by atoms with E-state index in [1.54, 1.807) is 14.0 Å². The largest absolute Gasteiger partial charge is 0.464 e. The summed E-state index contributed by atoms with van der Waals surface area (Å²) in [6.45, 7) is 25.3. The summed E-state index contributed by atoms with van der Waals surface area (Å²) in [6.07, 6.45) is 39.9. The summed E-state index contributed by atoms with van der Waals surface area (Å²) in [7, 11) is 5.37. The number of allylic oxidation sites excluding steroid dienone is 1. The first kappa shape index (κ1) is 82.4. The van der Waals surface area contributed by atoms with Crippen molar-refractivity contribution >= 4 is 23.3 Å². The molecule has 0 heterocycles. The van der Waals surface area contributed by atoms with Gasteiger partial charge in [-0.15, -0.1) is 6.58 Å². The second-order valence-electron chi connectivity index (χ2n) is 22.8. The molecule has 0 aromatic rings. The van der Waals surface area contributed by atoms with E-state index in [1.165, 1.54) is 128 Å². The van der Waals surface area contributed by atoms with Gasteiger partial charge in [0.2, 0.25) is 0 Å². The van der Waals surface area contributed by atoms with Crippen LogP contribution in [0.15, 0.2) is 12.7 Å². The number of methoxy groups -OCH3 is 1. The molecule has 0 bridgehead atoms. The van der Waals surface area contributed by atoms with E-state index in [0.29, 0.717) is 70.9 Å². The van der Waals surface area contributed by atoms with E-state index in [2.05, 4.69) is 41.2 Å². The van der Waals surface area contributed by atoms with Gasteiger partial charge in [-0.2, -0.15) is 0 Å². The van der Waals surface area contributed by atoms with Crippen molar-refractivity contribution in [2.75, 3.05) is 74.2 Å². The number of Topliss-reactive ketones (excluding diaryl/α,β-unsaturated/α-hetero) is 3. The molecule has 0 saturated heterocycles. The molecule has 0 fully saturated rings. The van der Waals surface area contributed by atoms with E-state index in [9.17, 15) is 24.3 Å². The normalized spacial score (nSPS) is 13.0. The predicted octanol–water partition coefficient (Wildman–Crippen LogP) is 16.6. The summed E-state index contributed by atoms with van der Waals surface area (Å²) >= 11 is 0. The van der Waals surface area contributed by atoms with Gasteiger partial charge in [-0.1, -0.05) is 209 Å². The zero-order chi connectivity index (χ0) is 59.3. The van der Waals surface area contributed by atoms with Crippen LogP contribution in [-0.2, 0) is 42.9 Å². The molecule has 0 spiro atoms. The molecule has 0 aliphatic heterocycles. The van der Waals surface area contributed by atoms with Gasteiger partial charge in [0.15, 0.2) is 12.1 Å². The Labute approximate surface area is 482 Å². The van der Waals surface area contributed by atoms with Crippen LogP contribution in [0.3, 0.4) is 0 Å². The fraction of sp³-hybridized carbons (Fsp3) is 0.909. The Hall–Kier alpha value is -2.06. The zero-order valence-electron chi connectivity index (χ0n) is 53.5. The standard InChI is InChI=1S/C26H50O4.C19H37NO6.C12H24O.C9H20/c1-4-7-10-12-14-16-19-25(27)23-29-21-24(18-9-6-3)22-30-26(28)20-17-15-13-11-8-5-2;1-6-16(13-25-15-21)7-8-17(22)9-10-19(2,14-24-5)18(23)26-12-11-20(3)4;1-4-5-6-7-8-9-10-12(13)11(2)3;1-3-5-7-9-8-6-4-2/h6,24,26,28H,3-5,7-23H2,1-2H3;16,21H,6-15H2,1-5H3;11H,4-10H2,1-3H3;3-9H2,1-2H3. The molecule has 78 heavy (non-hydrogen) atoms. The zero-order valence-corrected chi connectivity index (χ0v) is 53.5. The summed E-state index contributed by atoms with van der Waals surface area (Å²) in [5.41, 5.74) is -0.819. The molecule has 2 N–H and O–H groups in total. The molecule has 0 aliphatic carbocycles. The fourth-order valence-electron chi connectivity index (χ4n) is 8.49. The van der Waals surface area contributed by atoms with Gasteiger partial charge in [0.1, 0.15) is 31.6 Å². The number of aliphatic hydroxyl groups excluding tert-OH is 2. The Kier molecular flexibility index (Phi) is 67.7. The first-order valence-electron chi connectivity index (χ1n) is 32.1. The number of likely N-dealkylation sites (N-methyl/N-ethyl adjacent to an activating group) is 1. The van der Waals surface area contributed by atoms with Crippen molar-refractivity contribution in [1.82, 2.24) is 4.90 Å². The number of hydrogen-bond donors (Lipinski definition) is 2. The molecule has 12 nitrogen and oxygen atoms in total. The topological polar surface area (TPSA) is 158 Å². The number of hydrogen-bond acceptors (Lipinski definition) is 12. The molecular formula is C66H131NO11. The van der Waals surface area contributed by atoms with Crippen LogP contribution in [0.25, 0.3) is 0 Å². The minimum absolute atomic E-state index is 0.121. The number of nitrogens with zero attached hydrogens (tertiary/aromatic N) is 1. The maximum Gasteiger partial charge on any atom is 0.314 e. The van der Waals surface area contributed by atoms with Gasteiger partial charge >= 0.3 is 5.97 Å². The number of aliphatic hydroxyl groups is 2. The Bertz CT molecular complexity index is 1290. The van der Waals surface area contributed by atoms with Gasteiger partial charge in [-0.3, -0.25) is 19.2 Å². The van der Waals surface area contributed by atoms with Crippen LogP contribution >= 0.6 is 0 Å². The van der Waals surface area contributed by atoms with E-state index in [0.717, 1.165) is 64.2 Å². The minimum Gasteiger partial charge on any atom is -0.464 e. The van der Waals surface area contributed by atoms with Gasteiger partial charge in [-0.05, 0) is 78.3 Å². The van der Waals surface area contributed by atoms with Gasteiger partial charge in [0.05, 0.1) is 31.8 Å². The van der Waals surface area contributed by atoms with Crippen molar-refractivity contribution in [3.05, 3.63) is 12.7 Å². The summed E-state index contributed by atoms with van der Waals surface area (Å²) in [5.74, 6) is 1.09. The predicted molar refractivity (Wildman–Crippen MR) is 328 cm³/mol. The third-order valence-corrected chi connectivity index (χ3v) is 14.2. The van der Waals surface area contributed by atoms with Crippen molar-refractivity contribution in [2.24, 2.45) is 23.2 Å². The van der Waals surface area contributed by atoms with Crippen molar-refractivity contribution in [1.29, 1.82) is 0 Å². The molecule has 0 aliphatic rings. The van der Waals surface area contributed by atoms with Crippen molar-refractivity contribution in [3.8, 4) is 0 Å². The molecule has 0 amide bonds. The van der Waals surface area contributed by atoms with Crippen molar-refractivity contribution in [2.45, 2.75) is 293 Å². The van der Waals surface area contributed by atoms with Crippen LogP contribution in [0.4, 0.5) is 0 Å². The van der Waals surface area contributed by atoms with Crippen LogP contribution in [0, 0.1) is 23.2 Å². The van der Waals surface area contributed by atoms with E-state index < -0.39 is 11.7 Å². The van der Waals surface area contributed by atoms with Gasteiger partial charge in [0.25, 0.3) is 0 Å². The van der Waals surface area contributed by atoms with Gasteiger partial charge in [-0.25, -0.2) is 0 Å². The average Bonchev–Trinajstić information content (AvgIpc) is 3.42. The fourth-order valence-corrected chi connectivity index (χ4v) is 8.49. The Morgan fingerprint density at radius 2 is 1.08 bits per heavy atom. The molecule has 466 valence electrons. The highest BCUT2D eigenvalue weighted by Crippen LogP contribution is 2.27. The first-order valence-corrected chi connectivity index (χ1v) is 32.1. The number of esters is 1. The van der Waals surface area contributed by atoms with Crippen LogP contribution in [0.2, 0.25) is 0 Å². The molecule has 4 atom stereocenters. The number of carbonyl (C=O) groups is 4. The third kappa shape index (κ3) is 61.6. The highest BCUT2D eigenvalue weighted by atomic mass is 16.6. The third-order valence-electron chi connectivity index (χ3n) is 14.2. The molecule has 0 aromatic heterocycles. The first-order chi connectivity index (χ1) is 37.5. The van der Waals surface area contributed by atoms with E-state index in [1.807, 2.05) is 45.8 Å². The number of ether oxygens (including phenoxy) is 5. The van der Waals surface area contributed by atoms with Crippen molar-refractivity contribution < 1.29 is 53.1 Å². The smallest absolute Gasteiger partial charge is 0.314 e. The SMILES string of the molecule is C=CCCC(COCC(=O)CCCCCCCC)COC(O)CCCCCCCC.CCC(CCC(=O)CCC(C)(COC)C(=O)OCCN(C)C)COCO.CCCCCCCCC.CCCCCCCCC(=O)C(C)C. The lowest BCUT2D eigenvalue weighted by atomic mass is 9.84. The molecule has 4 unspecified atom stereocenters. The van der Waals surface area contributed by atoms with Crippen molar-refractivity contribution in [3.63, 3.8) is 0 Å². The van der Waals surface area contributed by atoms with Crippen LogP contribution < -0.4 is 0 Å². The number of unbranched alkanes of at least 4 members (excludes halogenated alkanes) is 21. The molecule has 0 radical (unpaired) electrons. The molecular weight excluding hydrogens is 983 g/mol. The molecule has 0 saturated carbocycles. The lowest BCUT2D eigenvalue weighted by molar-refractivity contribution is -0.159.